The number of hydrogen-bond donors (Lipinski definition) is 2. The normalized spacial score (nSPS) is 10.4. The molecule has 0 aliphatic rings. The SMILES string of the molecule is Cc1cc(C)c(C(=O)O)c(Nc2cc(F)ccc2Br)n1. The van der Waals surface area contributed by atoms with Crippen LogP contribution in [0.4, 0.5) is 15.9 Å². The fraction of sp³-hybridized carbons (Fsp3) is 0.143. The number of aromatic carboxylic acids is 1. The molecule has 0 aliphatic carbocycles. The van der Waals surface area contributed by atoms with Crippen molar-refractivity contribution in [3.05, 3.63) is 51.4 Å². The van der Waals surface area contributed by atoms with E-state index in [0.29, 0.717) is 21.4 Å². The first-order valence-corrected chi connectivity index (χ1v) is 6.61. The molecule has 2 N–H and O–H groups in total. The minimum Gasteiger partial charge on any atom is -0.478 e. The molecule has 0 amide bonds. The van der Waals surface area contributed by atoms with E-state index in [1.165, 1.54) is 12.1 Å². The first-order chi connectivity index (χ1) is 9.38. The highest BCUT2D eigenvalue weighted by molar-refractivity contribution is 9.10. The highest BCUT2D eigenvalue weighted by Gasteiger charge is 2.16. The molecule has 1 heterocycles. The van der Waals surface area contributed by atoms with Crippen LogP contribution in [0.5, 0.6) is 0 Å². The second-order valence-corrected chi connectivity index (χ2v) is 5.21. The lowest BCUT2D eigenvalue weighted by Crippen LogP contribution is -2.08. The topological polar surface area (TPSA) is 62.2 Å². The average molecular weight is 339 g/mol. The van der Waals surface area contributed by atoms with Gasteiger partial charge in [0.2, 0.25) is 0 Å². The van der Waals surface area contributed by atoms with Gasteiger partial charge in [0.15, 0.2) is 0 Å². The molecule has 4 nitrogen and oxygen atoms in total. The fourth-order valence-corrected chi connectivity index (χ4v) is 2.26. The Kier molecular flexibility index (Phi) is 4.04. The summed E-state index contributed by atoms with van der Waals surface area (Å²) in [5, 5.41) is 12.1. The van der Waals surface area contributed by atoms with Crippen molar-refractivity contribution in [2.24, 2.45) is 0 Å². The van der Waals surface area contributed by atoms with Crippen molar-refractivity contribution in [1.82, 2.24) is 4.98 Å². The van der Waals surface area contributed by atoms with Crippen LogP contribution < -0.4 is 5.32 Å². The molecule has 6 heteroatoms. The van der Waals surface area contributed by atoms with E-state index in [9.17, 15) is 14.3 Å². The van der Waals surface area contributed by atoms with E-state index in [2.05, 4.69) is 26.2 Å². The van der Waals surface area contributed by atoms with Gasteiger partial charge in [0.05, 0.1) is 5.69 Å². The molecule has 20 heavy (non-hydrogen) atoms. The zero-order valence-corrected chi connectivity index (χ0v) is 12.5. The summed E-state index contributed by atoms with van der Waals surface area (Å²) in [6, 6.07) is 5.81. The summed E-state index contributed by atoms with van der Waals surface area (Å²) in [5.74, 6) is -1.30. The second kappa shape index (κ2) is 5.58. The van der Waals surface area contributed by atoms with Crippen LogP contribution in [0.2, 0.25) is 0 Å². The van der Waals surface area contributed by atoms with E-state index in [1.807, 2.05) is 0 Å². The number of carbonyl (C=O) groups is 1. The molecule has 0 saturated carbocycles. The molecule has 1 aromatic heterocycles. The number of anilines is 2. The van der Waals surface area contributed by atoms with E-state index < -0.39 is 11.8 Å². The molecule has 0 spiro atoms. The third-order valence-corrected chi connectivity index (χ3v) is 3.43. The van der Waals surface area contributed by atoms with Gasteiger partial charge in [-0.15, -0.1) is 0 Å². The highest BCUT2D eigenvalue weighted by atomic mass is 79.9. The van der Waals surface area contributed by atoms with Gasteiger partial charge in [-0.1, -0.05) is 0 Å². The van der Waals surface area contributed by atoms with Crippen LogP contribution in [0.15, 0.2) is 28.7 Å². The number of pyridine rings is 1. The standard InChI is InChI=1S/C14H12BrFN2O2/c1-7-5-8(2)17-13(12(7)14(19)20)18-11-6-9(16)3-4-10(11)15/h3-6H,1-2H3,(H,17,18)(H,19,20). The van der Waals surface area contributed by atoms with Crippen molar-refractivity contribution in [2.75, 3.05) is 5.32 Å². The van der Waals surface area contributed by atoms with Gasteiger partial charge in [0.1, 0.15) is 17.2 Å². The van der Waals surface area contributed by atoms with E-state index in [-0.39, 0.29) is 11.4 Å². The highest BCUT2D eigenvalue weighted by Crippen LogP contribution is 2.28. The maximum atomic E-state index is 13.3. The van der Waals surface area contributed by atoms with E-state index in [1.54, 1.807) is 26.0 Å². The van der Waals surface area contributed by atoms with Gasteiger partial charge in [0.25, 0.3) is 0 Å². The van der Waals surface area contributed by atoms with Crippen LogP contribution in [-0.4, -0.2) is 16.1 Å². The van der Waals surface area contributed by atoms with Crippen LogP contribution in [-0.2, 0) is 0 Å². The number of carboxylic acid groups (broad SMARTS) is 1. The second-order valence-electron chi connectivity index (χ2n) is 4.36. The molecule has 2 aromatic rings. The van der Waals surface area contributed by atoms with Gasteiger partial charge in [-0.3, -0.25) is 0 Å². The first-order valence-electron chi connectivity index (χ1n) is 5.82. The van der Waals surface area contributed by atoms with Crippen molar-refractivity contribution in [3.63, 3.8) is 0 Å². The van der Waals surface area contributed by atoms with Gasteiger partial charge < -0.3 is 10.4 Å². The lowest BCUT2D eigenvalue weighted by molar-refractivity contribution is 0.0697. The number of nitrogens with zero attached hydrogens (tertiary/aromatic N) is 1. The molecule has 0 bridgehead atoms. The number of aryl methyl sites for hydroxylation is 2. The molecule has 2 rings (SSSR count). The Hall–Kier alpha value is -1.95. The van der Waals surface area contributed by atoms with Crippen molar-refractivity contribution in [1.29, 1.82) is 0 Å². The largest absolute Gasteiger partial charge is 0.478 e. The Morgan fingerprint density at radius 1 is 1.35 bits per heavy atom. The molecular weight excluding hydrogens is 327 g/mol. The summed E-state index contributed by atoms with van der Waals surface area (Å²) in [7, 11) is 0. The van der Waals surface area contributed by atoms with Crippen molar-refractivity contribution < 1.29 is 14.3 Å². The molecule has 0 saturated heterocycles. The summed E-state index contributed by atoms with van der Waals surface area (Å²) in [6.07, 6.45) is 0. The first kappa shape index (κ1) is 14.5. The Labute approximate surface area is 123 Å². The number of halogens is 2. The molecule has 0 radical (unpaired) electrons. The summed E-state index contributed by atoms with van der Waals surface area (Å²) in [5.41, 5.74) is 1.78. The summed E-state index contributed by atoms with van der Waals surface area (Å²) in [4.78, 5) is 15.5. The minimum atomic E-state index is -1.08. The summed E-state index contributed by atoms with van der Waals surface area (Å²) >= 11 is 3.28. The Morgan fingerprint density at radius 2 is 2.05 bits per heavy atom. The summed E-state index contributed by atoms with van der Waals surface area (Å²) < 4.78 is 13.9. The number of aromatic nitrogens is 1. The number of hydrogen-bond acceptors (Lipinski definition) is 3. The Morgan fingerprint density at radius 3 is 2.70 bits per heavy atom. The van der Waals surface area contributed by atoms with Crippen LogP contribution >= 0.6 is 15.9 Å². The van der Waals surface area contributed by atoms with Gasteiger partial charge in [-0.2, -0.15) is 0 Å². The maximum absolute atomic E-state index is 13.3. The summed E-state index contributed by atoms with van der Waals surface area (Å²) in [6.45, 7) is 3.47. The van der Waals surface area contributed by atoms with Crippen molar-refractivity contribution in [3.8, 4) is 0 Å². The monoisotopic (exact) mass is 338 g/mol. The molecule has 0 atom stereocenters. The van der Waals surface area contributed by atoms with E-state index in [4.69, 9.17) is 0 Å². The lowest BCUT2D eigenvalue weighted by Gasteiger charge is -2.13. The van der Waals surface area contributed by atoms with Crippen LogP contribution in [0.25, 0.3) is 0 Å². The smallest absolute Gasteiger partial charge is 0.339 e. The van der Waals surface area contributed by atoms with Gasteiger partial charge >= 0.3 is 5.97 Å². The number of benzene rings is 1. The van der Waals surface area contributed by atoms with Crippen molar-refractivity contribution >= 4 is 33.4 Å². The van der Waals surface area contributed by atoms with E-state index >= 15 is 0 Å². The lowest BCUT2D eigenvalue weighted by atomic mass is 10.1. The zero-order valence-electron chi connectivity index (χ0n) is 10.9. The van der Waals surface area contributed by atoms with E-state index in [0.717, 1.165) is 0 Å². The molecular formula is C14H12BrFN2O2. The zero-order chi connectivity index (χ0) is 14.9. The van der Waals surface area contributed by atoms with Crippen molar-refractivity contribution in [2.45, 2.75) is 13.8 Å². The number of nitrogens with one attached hydrogen (secondary N) is 1. The predicted molar refractivity (Wildman–Crippen MR) is 78.1 cm³/mol. The van der Waals surface area contributed by atoms with Crippen LogP contribution in [0, 0.1) is 19.7 Å². The Balaban J connectivity index is 2.53. The number of carboxylic acids is 1. The minimum absolute atomic E-state index is 0.0757. The molecule has 0 fully saturated rings. The molecule has 0 unspecified atom stereocenters. The quantitative estimate of drug-likeness (QED) is 0.886. The van der Waals surface area contributed by atoms with Crippen LogP contribution in [0.3, 0.4) is 0 Å². The number of rotatable bonds is 3. The fourth-order valence-electron chi connectivity index (χ4n) is 1.92. The third kappa shape index (κ3) is 2.96. The Bertz CT molecular complexity index is 689. The van der Waals surface area contributed by atoms with Gasteiger partial charge in [-0.05, 0) is 59.6 Å². The maximum Gasteiger partial charge on any atom is 0.339 e. The van der Waals surface area contributed by atoms with Gasteiger partial charge in [0, 0.05) is 10.2 Å². The predicted octanol–water partition coefficient (Wildman–Crippen LogP) is 4.04. The molecule has 104 valence electrons. The van der Waals surface area contributed by atoms with Crippen LogP contribution in [0.1, 0.15) is 21.6 Å². The average Bonchev–Trinajstić information content (AvgIpc) is 2.32. The molecule has 1 aromatic carbocycles. The third-order valence-electron chi connectivity index (χ3n) is 2.74. The van der Waals surface area contributed by atoms with Gasteiger partial charge in [-0.25, -0.2) is 14.2 Å². The molecule has 0 aliphatic heterocycles.